The van der Waals surface area contributed by atoms with Crippen molar-refractivity contribution < 1.29 is 14.3 Å². The van der Waals surface area contributed by atoms with Gasteiger partial charge in [0.1, 0.15) is 0 Å². The first-order valence-electron chi connectivity index (χ1n) is 7.82. The number of ether oxygens (including phenoxy) is 2. The molecule has 2 aliphatic heterocycles. The van der Waals surface area contributed by atoms with Gasteiger partial charge in [-0.25, -0.2) is 0 Å². The van der Waals surface area contributed by atoms with Crippen molar-refractivity contribution in [3.63, 3.8) is 0 Å². The van der Waals surface area contributed by atoms with Crippen molar-refractivity contribution in [3.8, 4) is 11.5 Å². The first-order chi connectivity index (χ1) is 11.3. The minimum absolute atomic E-state index is 0.00764. The Morgan fingerprint density at radius 1 is 1.13 bits per heavy atom. The Morgan fingerprint density at radius 2 is 2.00 bits per heavy atom. The molecule has 0 aliphatic carbocycles. The van der Waals surface area contributed by atoms with Crippen LogP contribution in [0.2, 0.25) is 0 Å². The molecule has 0 atom stereocenters. The SMILES string of the molecule is O=C(CCN1CCc2ccccc21)Nc1ccc2c(c1)OCO2. The highest BCUT2D eigenvalue weighted by atomic mass is 16.7. The van der Waals surface area contributed by atoms with Gasteiger partial charge in [0.05, 0.1) is 0 Å². The summed E-state index contributed by atoms with van der Waals surface area (Å²) in [6.45, 7) is 1.95. The lowest BCUT2D eigenvalue weighted by Crippen LogP contribution is -2.26. The van der Waals surface area contributed by atoms with Crippen LogP contribution in [0.1, 0.15) is 12.0 Å². The Hall–Kier alpha value is -2.69. The number of carbonyl (C=O) groups excluding carboxylic acids is 1. The van der Waals surface area contributed by atoms with Gasteiger partial charge >= 0.3 is 0 Å². The number of nitrogens with one attached hydrogen (secondary N) is 1. The molecular formula is C18H18N2O3. The molecule has 23 heavy (non-hydrogen) atoms. The van der Waals surface area contributed by atoms with Crippen LogP contribution in [0.5, 0.6) is 11.5 Å². The average Bonchev–Trinajstić information content (AvgIpc) is 3.19. The number of benzene rings is 2. The maximum Gasteiger partial charge on any atom is 0.231 e. The van der Waals surface area contributed by atoms with Crippen LogP contribution in [0.15, 0.2) is 42.5 Å². The van der Waals surface area contributed by atoms with Crippen molar-refractivity contribution in [2.75, 3.05) is 30.1 Å². The van der Waals surface area contributed by atoms with Crippen molar-refractivity contribution in [1.82, 2.24) is 0 Å². The molecule has 2 aromatic rings. The topological polar surface area (TPSA) is 50.8 Å². The van der Waals surface area contributed by atoms with Gasteiger partial charge in [-0.2, -0.15) is 0 Å². The Bertz CT molecular complexity index is 745. The molecule has 2 heterocycles. The van der Waals surface area contributed by atoms with Gasteiger partial charge in [0.15, 0.2) is 11.5 Å². The fraction of sp³-hybridized carbons (Fsp3) is 0.278. The third-order valence-electron chi connectivity index (χ3n) is 4.25. The van der Waals surface area contributed by atoms with Crippen LogP contribution in [0.25, 0.3) is 0 Å². The van der Waals surface area contributed by atoms with Crippen molar-refractivity contribution in [3.05, 3.63) is 48.0 Å². The van der Waals surface area contributed by atoms with Crippen molar-refractivity contribution in [2.45, 2.75) is 12.8 Å². The smallest absolute Gasteiger partial charge is 0.231 e. The molecule has 5 nitrogen and oxygen atoms in total. The molecular weight excluding hydrogens is 292 g/mol. The van der Waals surface area contributed by atoms with E-state index in [0.717, 1.165) is 30.9 Å². The zero-order valence-electron chi connectivity index (χ0n) is 12.7. The van der Waals surface area contributed by atoms with Gasteiger partial charge in [-0.3, -0.25) is 4.79 Å². The molecule has 5 heteroatoms. The predicted molar refractivity (Wildman–Crippen MR) is 88.2 cm³/mol. The number of hydrogen-bond acceptors (Lipinski definition) is 4. The van der Waals surface area contributed by atoms with E-state index < -0.39 is 0 Å². The maximum absolute atomic E-state index is 12.2. The summed E-state index contributed by atoms with van der Waals surface area (Å²) in [6.07, 6.45) is 1.52. The first kappa shape index (κ1) is 13.9. The summed E-state index contributed by atoms with van der Waals surface area (Å²) in [4.78, 5) is 14.4. The molecule has 118 valence electrons. The van der Waals surface area contributed by atoms with E-state index in [-0.39, 0.29) is 12.7 Å². The van der Waals surface area contributed by atoms with Crippen LogP contribution in [0.3, 0.4) is 0 Å². The Balaban J connectivity index is 1.34. The summed E-state index contributed by atoms with van der Waals surface area (Å²) >= 11 is 0. The van der Waals surface area contributed by atoms with Gasteiger partial charge in [-0.05, 0) is 30.2 Å². The third-order valence-corrected chi connectivity index (χ3v) is 4.25. The van der Waals surface area contributed by atoms with Gasteiger partial charge in [-0.1, -0.05) is 18.2 Å². The highest BCUT2D eigenvalue weighted by Gasteiger charge is 2.19. The van der Waals surface area contributed by atoms with E-state index in [4.69, 9.17) is 9.47 Å². The largest absolute Gasteiger partial charge is 0.454 e. The minimum atomic E-state index is 0.00764. The van der Waals surface area contributed by atoms with E-state index in [2.05, 4.69) is 28.4 Å². The van der Waals surface area contributed by atoms with E-state index in [9.17, 15) is 4.79 Å². The summed E-state index contributed by atoms with van der Waals surface area (Å²) in [5.41, 5.74) is 3.35. The molecule has 0 spiro atoms. The van der Waals surface area contributed by atoms with E-state index in [1.54, 1.807) is 6.07 Å². The zero-order chi connectivity index (χ0) is 15.6. The van der Waals surface area contributed by atoms with Crippen molar-refractivity contribution in [2.24, 2.45) is 0 Å². The Kier molecular flexibility index (Phi) is 3.54. The molecule has 0 saturated heterocycles. The predicted octanol–water partition coefficient (Wildman–Crippen LogP) is 2.81. The number of amides is 1. The molecule has 2 aromatic carbocycles. The highest BCUT2D eigenvalue weighted by Crippen LogP contribution is 2.34. The molecule has 0 bridgehead atoms. The lowest BCUT2D eigenvalue weighted by Gasteiger charge is -2.19. The summed E-state index contributed by atoms with van der Waals surface area (Å²) in [5, 5.41) is 2.92. The van der Waals surface area contributed by atoms with Gasteiger partial charge in [0, 0.05) is 37.0 Å². The molecule has 0 aromatic heterocycles. The van der Waals surface area contributed by atoms with Gasteiger partial charge in [-0.15, -0.1) is 0 Å². The number of nitrogens with zero attached hydrogens (tertiary/aromatic N) is 1. The normalized spacial score (nSPS) is 14.7. The fourth-order valence-electron chi connectivity index (χ4n) is 3.07. The lowest BCUT2D eigenvalue weighted by atomic mass is 10.2. The van der Waals surface area contributed by atoms with Gasteiger partial charge < -0.3 is 19.7 Å². The number of rotatable bonds is 4. The standard InChI is InChI=1S/C18H18N2O3/c21-18(19-14-5-6-16-17(11-14)23-12-22-16)8-10-20-9-7-13-3-1-2-4-15(13)20/h1-6,11H,7-10,12H2,(H,19,21). The third kappa shape index (κ3) is 2.82. The second kappa shape index (κ2) is 5.83. The highest BCUT2D eigenvalue weighted by molar-refractivity contribution is 5.91. The minimum Gasteiger partial charge on any atom is -0.454 e. The molecule has 0 unspecified atom stereocenters. The molecule has 4 rings (SSSR count). The van der Waals surface area contributed by atoms with Gasteiger partial charge in [0.2, 0.25) is 12.7 Å². The zero-order valence-corrected chi connectivity index (χ0v) is 12.7. The summed E-state index contributed by atoms with van der Waals surface area (Å²) < 4.78 is 10.6. The molecule has 1 amide bonds. The quantitative estimate of drug-likeness (QED) is 0.943. The number of para-hydroxylation sites is 1. The molecule has 1 N–H and O–H groups in total. The van der Waals surface area contributed by atoms with Gasteiger partial charge in [0.25, 0.3) is 0 Å². The van der Waals surface area contributed by atoms with Crippen LogP contribution in [0, 0.1) is 0 Å². The molecule has 0 radical (unpaired) electrons. The van der Waals surface area contributed by atoms with Crippen LogP contribution in [-0.2, 0) is 11.2 Å². The monoisotopic (exact) mass is 310 g/mol. The summed E-state index contributed by atoms with van der Waals surface area (Å²) in [7, 11) is 0. The number of fused-ring (bicyclic) bond motifs is 2. The average molecular weight is 310 g/mol. The Morgan fingerprint density at radius 3 is 2.96 bits per heavy atom. The van der Waals surface area contributed by atoms with Crippen molar-refractivity contribution in [1.29, 1.82) is 0 Å². The second-order valence-corrected chi connectivity index (χ2v) is 5.73. The van der Waals surface area contributed by atoms with Crippen LogP contribution in [0.4, 0.5) is 11.4 Å². The van der Waals surface area contributed by atoms with E-state index >= 15 is 0 Å². The van der Waals surface area contributed by atoms with Crippen molar-refractivity contribution >= 4 is 17.3 Å². The van der Waals surface area contributed by atoms with Crippen LogP contribution >= 0.6 is 0 Å². The fourth-order valence-corrected chi connectivity index (χ4v) is 3.07. The second-order valence-electron chi connectivity index (χ2n) is 5.73. The number of carbonyl (C=O) groups is 1. The molecule has 0 fully saturated rings. The van der Waals surface area contributed by atoms with Crippen LogP contribution < -0.4 is 19.7 Å². The van der Waals surface area contributed by atoms with E-state index in [1.807, 2.05) is 18.2 Å². The first-order valence-corrected chi connectivity index (χ1v) is 7.82. The molecule has 0 saturated carbocycles. The van der Waals surface area contributed by atoms with E-state index in [0.29, 0.717) is 12.2 Å². The lowest BCUT2D eigenvalue weighted by molar-refractivity contribution is -0.116. The molecule has 2 aliphatic rings. The van der Waals surface area contributed by atoms with E-state index in [1.165, 1.54) is 11.3 Å². The number of anilines is 2. The Labute approximate surface area is 134 Å². The number of hydrogen-bond donors (Lipinski definition) is 1. The summed E-state index contributed by atoms with van der Waals surface area (Å²) in [5.74, 6) is 1.40. The maximum atomic E-state index is 12.2. The summed E-state index contributed by atoms with van der Waals surface area (Å²) in [6, 6.07) is 13.8. The van der Waals surface area contributed by atoms with Crippen LogP contribution in [-0.4, -0.2) is 25.8 Å².